The third kappa shape index (κ3) is 1.50. The molecular weight excluding hydrogens is 178 g/mol. The van der Waals surface area contributed by atoms with Gasteiger partial charge in [-0.25, -0.2) is 4.79 Å². The zero-order chi connectivity index (χ0) is 10.1. The van der Waals surface area contributed by atoms with Crippen LogP contribution in [-0.4, -0.2) is 18.1 Å². The number of methoxy groups -OCH3 is 1. The van der Waals surface area contributed by atoms with Crippen molar-refractivity contribution in [2.45, 2.75) is 25.7 Å². The summed E-state index contributed by atoms with van der Waals surface area (Å²) in [5.74, 6) is 0.298. The van der Waals surface area contributed by atoms with Gasteiger partial charge in [-0.3, -0.25) is 4.98 Å². The van der Waals surface area contributed by atoms with Crippen LogP contribution in [0.25, 0.3) is 0 Å². The van der Waals surface area contributed by atoms with Gasteiger partial charge in [0.05, 0.1) is 12.7 Å². The second kappa shape index (κ2) is 3.40. The van der Waals surface area contributed by atoms with Crippen LogP contribution < -0.4 is 0 Å². The van der Waals surface area contributed by atoms with Gasteiger partial charge < -0.3 is 4.74 Å². The molecule has 0 amide bonds. The van der Waals surface area contributed by atoms with E-state index in [0.29, 0.717) is 11.5 Å². The lowest BCUT2D eigenvalue weighted by Gasteiger charge is -2.07. The highest BCUT2D eigenvalue weighted by Crippen LogP contribution is 2.40. The summed E-state index contributed by atoms with van der Waals surface area (Å²) < 4.78 is 4.71. The van der Waals surface area contributed by atoms with Crippen LogP contribution in [0.3, 0.4) is 0 Å². The van der Waals surface area contributed by atoms with Crippen molar-refractivity contribution in [1.29, 1.82) is 0 Å². The minimum atomic E-state index is -0.271. The van der Waals surface area contributed by atoms with Crippen LogP contribution in [0.5, 0.6) is 0 Å². The normalized spacial score (nSPS) is 15.3. The molecule has 0 unspecified atom stereocenters. The highest BCUT2D eigenvalue weighted by molar-refractivity contribution is 5.91. The lowest BCUT2D eigenvalue weighted by Crippen LogP contribution is -2.06. The van der Waals surface area contributed by atoms with E-state index in [-0.39, 0.29) is 5.97 Å². The van der Waals surface area contributed by atoms with Crippen LogP contribution in [0, 0.1) is 6.92 Å². The summed E-state index contributed by atoms with van der Waals surface area (Å²) >= 11 is 0. The van der Waals surface area contributed by atoms with Gasteiger partial charge in [-0.2, -0.15) is 0 Å². The highest BCUT2D eigenvalue weighted by atomic mass is 16.5. The summed E-state index contributed by atoms with van der Waals surface area (Å²) in [6.45, 7) is 1.94. The Kier molecular flexibility index (Phi) is 2.23. The number of carbonyl (C=O) groups excluding carboxylic acids is 1. The van der Waals surface area contributed by atoms with Gasteiger partial charge in [0.2, 0.25) is 0 Å². The number of aromatic nitrogens is 1. The molecule has 0 saturated heterocycles. The number of esters is 1. The van der Waals surface area contributed by atoms with Gasteiger partial charge in [-0.1, -0.05) is 0 Å². The molecule has 0 bridgehead atoms. The number of ether oxygens (including phenoxy) is 1. The maximum atomic E-state index is 11.4. The molecule has 0 aromatic carbocycles. The molecule has 1 fully saturated rings. The predicted octanol–water partition coefficient (Wildman–Crippen LogP) is 2.05. The number of rotatable bonds is 2. The molecule has 1 aliphatic carbocycles. The Bertz CT molecular complexity index is 370. The molecule has 2 rings (SSSR count). The van der Waals surface area contributed by atoms with Gasteiger partial charge in [0.25, 0.3) is 0 Å². The highest BCUT2D eigenvalue weighted by Gasteiger charge is 2.28. The van der Waals surface area contributed by atoms with Crippen molar-refractivity contribution in [3.8, 4) is 0 Å². The second-order valence-electron chi connectivity index (χ2n) is 3.63. The van der Waals surface area contributed by atoms with E-state index in [1.54, 1.807) is 12.3 Å². The minimum absolute atomic E-state index is 0.271. The lowest BCUT2D eigenvalue weighted by atomic mass is 10.1. The van der Waals surface area contributed by atoms with Gasteiger partial charge >= 0.3 is 5.97 Å². The molecular formula is C11H13NO2. The van der Waals surface area contributed by atoms with Crippen molar-refractivity contribution in [3.05, 3.63) is 29.1 Å². The Labute approximate surface area is 83.1 Å². The third-order valence-corrected chi connectivity index (χ3v) is 2.61. The molecule has 1 aliphatic rings. The SMILES string of the molecule is COC(=O)c1ccnc(C2CC2)c1C. The smallest absolute Gasteiger partial charge is 0.338 e. The van der Waals surface area contributed by atoms with E-state index in [0.717, 1.165) is 11.3 Å². The third-order valence-electron chi connectivity index (χ3n) is 2.61. The molecule has 0 atom stereocenters. The Morgan fingerprint density at radius 1 is 1.57 bits per heavy atom. The predicted molar refractivity (Wildman–Crippen MR) is 52.3 cm³/mol. The quantitative estimate of drug-likeness (QED) is 0.671. The maximum absolute atomic E-state index is 11.4. The van der Waals surface area contributed by atoms with Crippen LogP contribution in [0.1, 0.15) is 40.4 Å². The van der Waals surface area contributed by atoms with Crippen molar-refractivity contribution in [2.24, 2.45) is 0 Å². The van der Waals surface area contributed by atoms with Gasteiger partial charge in [0.1, 0.15) is 0 Å². The number of hydrogen-bond donors (Lipinski definition) is 0. The number of carbonyl (C=O) groups is 1. The first-order valence-corrected chi connectivity index (χ1v) is 4.78. The molecule has 1 aromatic heterocycles. The summed E-state index contributed by atoms with van der Waals surface area (Å²) in [6.07, 6.45) is 4.07. The van der Waals surface area contributed by atoms with Crippen molar-refractivity contribution in [2.75, 3.05) is 7.11 Å². The van der Waals surface area contributed by atoms with Gasteiger partial charge in [0.15, 0.2) is 0 Å². The average molecular weight is 191 g/mol. The Balaban J connectivity index is 2.40. The molecule has 74 valence electrons. The zero-order valence-corrected chi connectivity index (χ0v) is 8.41. The summed E-state index contributed by atoms with van der Waals surface area (Å²) in [5, 5.41) is 0. The molecule has 0 radical (unpaired) electrons. The van der Waals surface area contributed by atoms with E-state index in [1.807, 2.05) is 6.92 Å². The number of nitrogens with zero attached hydrogens (tertiary/aromatic N) is 1. The van der Waals surface area contributed by atoms with E-state index in [4.69, 9.17) is 4.74 Å². The molecule has 14 heavy (non-hydrogen) atoms. The van der Waals surface area contributed by atoms with Crippen molar-refractivity contribution in [3.63, 3.8) is 0 Å². The molecule has 1 aromatic rings. The summed E-state index contributed by atoms with van der Waals surface area (Å²) in [6, 6.07) is 1.72. The molecule has 1 saturated carbocycles. The molecule has 3 heteroatoms. The van der Waals surface area contributed by atoms with Crippen LogP contribution in [0.4, 0.5) is 0 Å². The molecule has 0 N–H and O–H groups in total. The largest absolute Gasteiger partial charge is 0.465 e. The monoisotopic (exact) mass is 191 g/mol. The molecule has 1 heterocycles. The zero-order valence-electron chi connectivity index (χ0n) is 8.41. The first kappa shape index (κ1) is 9.19. The van der Waals surface area contributed by atoms with Crippen molar-refractivity contribution < 1.29 is 9.53 Å². The van der Waals surface area contributed by atoms with Crippen molar-refractivity contribution in [1.82, 2.24) is 4.98 Å². The fraction of sp³-hybridized carbons (Fsp3) is 0.455. The van der Waals surface area contributed by atoms with E-state index in [9.17, 15) is 4.79 Å². The van der Waals surface area contributed by atoms with Gasteiger partial charge in [0, 0.05) is 17.8 Å². The molecule has 0 aliphatic heterocycles. The summed E-state index contributed by atoms with van der Waals surface area (Å²) in [7, 11) is 1.40. The van der Waals surface area contributed by atoms with Crippen molar-refractivity contribution >= 4 is 5.97 Å². The first-order valence-electron chi connectivity index (χ1n) is 4.78. The van der Waals surface area contributed by atoms with Crippen LogP contribution in [-0.2, 0) is 4.74 Å². The Hall–Kier alpha value is -1.38. The fourth-order valence-corrected chi connectivity index (χ4v) is 1.65. The van der Waals surface area contributed by atoms with Gasteiger partial charge in [-0.15, -0.1) is 0 Å². The minimum Gasteiger partial charge on any atom is -0.465 e. The topological polar surface area (TPSA) is 39.2 Å². The van der Waals surface area contributed by atoms with E-state index >= 15 is 0 Å². The lowest BCUT2D eigenvalue weighted by molar-refractivity contribution is 0.0599. The van der Waals surface area contributed by atoms with E-state index in [1.165, 1.54) is 20.0 Å². The summed E-state index contributed by atoms with van der Waals surface area (Å²) in [4.78, 5) is 15.7. The number of hydrogen-bond acceptors (Lipinski definition) is 3. The van der Waals surface area contributed by atoms with E-state index < -0.39 is 0 Å². The first-order chi connectivity index (χ1) is 6.74. The standard InChI is InChI=1S/C11H13NO2/c1-7-9(11(13)14-2)5-6-12-10(7)8-3-4-8/h5-6,8H,3-4H2,1-2H3. The second-order valence-corrected chi connectivity index (χ2v) is 3.63. The van der Waals surface area contributed by atoms with Crippen LogP contribution in [0.2, 0.25) is 0 Å². The van der Waals surface area contributed by atoms with Gasteiger partial charge in [-0.05, 0) is 31.4 Å². The summed E-state index contributed by atoms with van der Waals surface area (Å²) in [5.41, 5.74) is 2.68. The van der Waals surface area contributed by atoms with Crippen LogP contribution in [0.15, 0.2) is 12.3 Å². The van der Waals surface area contributed by atoms with Crippen LogP contribution >= 0.6 is 0 Å². The Morgan fingerprint density at radius 2 is 2.29 bits per heavy atom. The number of pyridine rings is 1. The molecule has 0 spiro atoms. The van der Waals surface area contributed by atoms with E-state index in [2.05, 4.69) is 4.98 Å². The average Bonchev–Trinajstić information content (AvgIpc) is 3.01. The molecule has 3 nitrogen and oxygen atoms in total. The fourth-order valence-electron chi connectivity index (χ4n) is 1.65. The maximum Gasteiger partial charge on any atom is 0.338 e. The Morgan fingerprint density at radius 3 is 2.86 bits per heavy atom.